The summed E-state index contributed by atoms with van der Waals surface area (Å²) in [4.78, 5) is 23.6. The predicted octanol–water partition coefficient (Wildman–Crippen LogP) is 7.11. The molecule has 1 unspecified atom stereocenters. The van der Waals surface area contributed by atoms with Gasteiger partial charge in [-0.15, -0.1) is 11.3 Å². The number of rotatable bonds is 21. The van der Waals surface area contributed by atoms with E-state index in [0.717, 1.165) is 12.2 Å². The van der Waals surface area contributed by atoms with E-state index in [1.54, 1.807) is 34.0 Å². The monoisotopic (exact) mass is 621 g/mol. The number of hydrogen-bond acceptors (Lipinski definition) is 9. The number of thioether (sulfide) groups is 1. The highest BCUT2D eigenvalue weighted by molar-refractivity contribution is 7.99. The lowest BCUT2D eigenvalue weighted by Crippen LogP contribution is -2.17. The maximum absolute atomic E-state index is 12.3. The molecule has 0 radical (unpaired) electrons. The molecule has 9 nitrogen and oxygen atoms in total. The zero-order valence-electron chi connectivity index (χ0n) is 24.1. The SMILES string of the molecule is C[C@H](Cn1cnc2c(N)ncnc21)OCP(=O)(O)OCCSCCCCCCCCCCCCC#Cc1cccs1. The number of thiophene rings is 1. The van der Waals surface area contributed by atoms with Gasteiger partial charge in [-0.1, -0.05) is 69.3 Å². The first-order chi connectivity index (χ1) is 19.9. The van der Waals surface area contributed by atoms with Crippen LogP contribution in [0.1, 0.15) is 82.4 Å². The molecule has 3 rings (SSSR count). The van der Waals surface area contributed by atoms with Gasteiger partial charge in [-0.25, -0.2) is 15.0 Å². The number of nitrogens with zero attached hydrogens (tertiary/aromatic N) is 4. The van der Waals surface area contributed by atoms with Crippen molar-refractivity contribution < 1.29 is 18.7 Å². The van der Waals surface area contributed by atoms with Crippen LogP contribution in [0.4, 0.5) is 5.82 Å². The maximum atomic E-state index is 12.3. The Morgan fingerprint density at radius 3 is 2.54 bits per heavy atom. The zero-order chi connectivity index (χ0) is 29.2. The normalized spacial score (nSPS) is 13.6. The first-order valence-electron chi connectivity index (χ1n) is 14.5. The molecular formula is C29H44N5O4PS2. The summed E-state index contributed by atoms with van der Waals surface area (Å²) in [6.07, 6.45) is 16.1. The molecule has 0 amide bonds. The third-order valence-electron chi connectivity index (χ3n) is 6.50. The van der Waals surface area contributed by atoms with Gasteiger partial charge in [-0.05, 0) is 37.0 Å². The Hall–Kier alpha value is -1.93. The Morgan fingerprint density at radius 1 is 1.07 bits per heavy atom. The molecule has 3 N–H and O–H groups in total. The van der Waals surface area contributed by atoms with Crippen molar-refractivity contribution in [2.75, 3.05) is 30.2 Å². The fourth-order valence-electron chi connectivity index (χ4n) is 4.29. The van der Waals surface area contributed by atoms with Gasteiger partial charge in [0.25, 0.3) is 0 Å². The number of anilines is 1. The van der Waals surface area contributed by atoms with Crippen LogP contribution in [0.15, 0.2) is 30.2 Å². The summed E-state index contributed by atoms with van der Waals surface area (Å²) in [5.41, 5.74) is 6.94. The Morgan fingerprint density at radius 2 is 1.80 bits per heavy atom. The van der Waals surface area contributed by atoms with Crippen LogP contribution in [0.2, 0.25) is 0 Å². The highest BCUT2D eigenvalue weighted by Gasteiger charge is 2.21. The molecule has 0 spiro atoms. The summed E-state index contributed by atoms with van der Waals surface area (Å²) in [6.45, 7) is 2.47. The fourth-order valence-corrected chi connectivity index (χ4v) is 6.72. The minimum Gasteiger partial charge on any atom is -0.382 e. The van der Waals surface area contributed by atoms with Crippen LogP contribution in [-0.4, -0.2) is 55.0 Å². The Labute approximate surface area is 252 Å². The molecule has 0 aliphatic heterocycles. The third kappa shape index (κ3) is 13.7. The van der Waals surface area contributed by atoms with Crippen LogP contribution in [-0.2, 0) is 20.4 Å². The second-order valence-corrected chi connectivity index (χ2v) is 14.0. The minimum atomic E-state index is -3.80. The van der Waals surface area contributed by atoms with Crippen molar-refractivity contribution in [3.05, 3.63) is 35.0 Å². The Bertz CT molecular complexity index is 1250. The van der Waals surface area contributed by atoms with Gasteiger partial charge in [-0.2, -0.15) is 11.8 Å². The molecule has 0 aliphatic carbocycles. The number of aromatic nitrogens is 4. The first kappa shape index (κ1) is 33.6. The number of imidazole rings is 1. The van der Waals surface area contributed by atoms with E-state index in [1.165, 1.54) is 75.4 Å². The topological polar surface area (TPSA) is 125 Å². The number of ether oxygens (including phenoxy) is 1. The molecule has 0 saturated heterocycles. The average molecular weight is 622 g/mol. The molecule has 3 aromatic rings. The Balaban J connectivity index is 1.09. The van der Waals surface area contributed by atoms with E-state index in [0.29, 0.717) is 29.3 Å². The van der Waals surface area contributed by atoms with Gasteiger partial charge in [0, 0.05) is 12.2 Å². The molecule has 0 aliphatic rings. The van der Waals surface area contributed by atoms with Crippen molar-refractivity contribution in [2.24, 2.45) is 0 Å². The maximum Gasteiger partial charge on any atom is 0.353 e. The van der Waals surface area contributed by atoms with Gasteiger partial charge < -0.3 is 24.5 Å². The van der Waals surface area contributed by atoms with E-state index in [-0.39, 0.29) is 19.1 Å². The summed E-state index contributed by atoms with van der Waals surface area (Å²) < 4.78 is 24.9. The van der Waals surface area contributed by atoms with Crippen molar-refractivity contribution in [2.45, 2.75) is 90.2 Å². The molecule has 0 aromatic carbocycles. The van der Waals surface area contributed by atoms with Crippen LogP contribution >= 0.6 is 30.7 Å². The summed E-state index contributed by atoms with van der Waals surface area (Å²) >= 11 is 3.47. The third-order valence-corrected chi connectivity index (χ3v) is 9.38. The van der Waals surface area contributed by atoms with Gasteiger partial charge in [0.15, 0.2) is 11.5 Å². The van der Waals surface area contributed by atoms with Crippen molar-refractivity contribution in [3.8, 4) is 11.8 Å². The molecular weight excluding hydrogens is 577 g/mol. The van der Waals surface area contributed by atoms with Crippen molar-refractivity contribution in [3.63, 3.8) is 0 Å². The van der Waals surface area contributed by atoms with Crippen LogP contribution < -0.4 is 5.73 Å². The molecule has 0 fully saturated rings. The highest BCUT2D eigenvalue weighted by atomic mass is 32.2. The van der Waals surface area contributed by atoms with Crippen LogP contribution in [0.5, 0.6) is 0 Å². The van der Waals surface area contributed by atoms with Gasteiger partial charge in [-0.3, -0.25) is 4.57 Å². The van der Waals surface area contributed by atoms with E-state index >= 15 is 0 Å². The smallest absolute Gasteiger partial charge is 0.353 e. The van der Waals surface area contributed by atoms with Crippen LogP contribution in [0.25, 0.3) is 11.2 Å². The number of fused-ring (bicyclic) bond motifs is 1. The predicted molar refractivity (Wildman–Crippen MR) is 170 cm³/mol. The summed E-state index contributed by atoms with van der Waals surface area (Å²) in [5.74, 6) is 8.56. The van der Waals surface area contributed by atoms with Gasteiger partial charge >= 0.3 is 7.60 Å². The quantitative estimate of drug-likeness (QED) is 0.0727. The minimum absolute atomic E-state index is 0.236. The lowest BCUT2D eigenvalue weighted by atomic mass is 10.1. The lowest BCUT2D eigenvalue weighted by Gasteiger charge is -2.17. The van der Waals surface area contributed by atoms with Crippen LogP contribution in [0.3, 0.4) is 0 Å². The molecule has 3 aromatic heterocycles. The second kappa shape index (κ2) is 19.3. The largest absolute Gasteiger partial charge is 0.382 e. The van der Waals surface area contributed by atoms with Crippen LogP contribution in [0, 0.1) is 11.8 Å². The van der Waals surface area contributed by atoms with E-state index in [4.69, 9.17) is 15.0 Å². The van der Waals surface area contributed by atoms with Gasteiger partial charge in [0.1, 0.15) is 18.2 Å². The molecule has 2 atom stereocenters. The van der Waals surface area contributed by atoms with Crippen molar-refractivity contribution >= 4 is 47.7 Å². The summed E-state index contributed by atoms with van der Waals surface area (Å²) in [5, 5.41) is 2.07. The fraction of sp³-hybridized carbons (Fsp3) is 0.621. The summed E-state index contributed by atoms with van der Waals surface area (Å²) in [6, 6.07) is 4.12. The number of unbranched alkanes of at least 4 members (excludes halogenated alkanes) is 10. The standard InChI is InChI=1S/C29H44N5O4PS2/c1-25(21-34-23-33-27-28(30)31-22-32-29(27)34)37-24-39(35,36)38-17-20-40-18-13-11-9-7-5-3-2-4-6-8-10-12-15-26-16-14-19-41-26/h14,16,19,22-23,25H,2-11,13,17-18,20-21,24H2,1H3,(H,35,36)(H2,30,31,32)/t25-/m1/s1. The molecule has 41 heavy (non-hydrogen) atoms. The second-order valence-electron chi connectivity index (χ2n) is 10.1. The molecule has 0 saturated carbocycles. The average Bonchev–Trinajstić information content (AvgIpc) is 3.62. The van der Waals surface area contributed by atoms with Gasteiger partial charge in [0.05, 0.1) is 30.5 Å². The number of hydrogen-bond donors (Lipinski definition) is 2. The highest BCUT2D eigenvalue weighted by Crippen LogP contribution is 2.42. The van der Waals surface area contributed by atoms with E-state index in [9.17, 15) is 9.46 Å². The Kier molecular flexibility index (Phi) is 15.8. The number of nitrogen functional groups attached to an aromatic ring is 1. The molecule has 0 bridgehead atoms. The zero-order valence-corrected chi connectivity index (χ0v) is 26.6. The van der Waals surface area contributed by atoms with E-state index in [2.05, 4.69) is 38.2 Å². The molecule has 12 heteroatoms. The lowest BCUT2D eigenvalue weighted by molar-refractivity contribution is 0.0724. The first-order valence-corrected chi connectivity index (χ1v) is 18.3. The van der Waals surface area contributed by atoms with E-state index < -0.39 is 7.60 Å². The number of nitrogens with two attached hydrogens (primary N) is 1. The summed E-state index contributed by atoms with van der Waals surface area (Å²) in [7, 11) is -3.80. The van der Waals surface area contributed by atoms with Gasteiger partial charge in [0.2, 0.25) is 0 Å². The van der Waals surface area contributed by atoms with Crippen molar-refractivity contribution in [1.29, 1.82) is 0 Å². The van der Waals surface area contributed by atoms with Crippen molar-refractivity contribution in [1.82, 2.24) is 19.5 Å². The molecule has 226 valence electrons. The van der Waals surface area contributed by atoms with E-state index in [1.807, 2.05) is 13.0 Å². The molecule has 3 heterocycles.